The smallest absolute Gasteiger partial charge is 0.194 e. The summed E-state index contributed by atoms with van der Waals surface area (Å²) in [7, 11) is 0. The Morgan fingerprint density at radius 1 is 1.46 bits per heavy atom. The van der Waals surface area contributed by atoms with E-state index in [9.17, 15) is 5.11 Å². The fourth-order valence-corrected chi connectivity index (χ4v) is 1.08. The van der Waals surface area contributed by atoms with E-state index in [0.29, 0.717) is 5.52 Å². The van der Waals surface area contributed by atoms with E-state index in [1.807, 2.05) is 6.07 Å². The quantitative estimate of drug-likeness (QED) is 0.647. The third-order valence-corrected chi connectivity index (χ3v) is 1.68. The molecular weight excluding hydrogens is 164 g/mol. The number of hydrogen-bond acceptors (Lipinski definition) is 3. The molecule has 1 N–H and O–H groups in total. The third-order valence-electron chi connectivity index (χ3n) is 1.68. The fraction of sp³-hybridized carbons (Fsp3) is 0. The van der Waals surface area contributed by atoms with Crippen LogP contribution < -0.4 is 0 Å². The molecule has 1 heterocycles. The SMILES string of the molecule is N#Cc1ccc2cc#cc(O)c2n1. The minimum absolute atomic E-state index is 0.0744. The Morgan fingerprint density at radius 2 is 2.31 bits per heavy atom. The number of hydrogen-bond donors (Lipinski definition) is 1. The van der Waals surface area contributed by atoms with Crippen molar-refractivity contribution in [2.75, 3.05) is 0 Å². The Balaban J connectivity index is 2.84. The van der Waals surface area contributed by atoms with Crippen LogP contribution in [0.3, 0.4) is 0 Å². The minimum atomic E-state index is -0.0744. The Kier molecular flexibility index (Phi) is 1.51. The first-order valence-corrected chi connectivity index (χ1v) is 3.63. The van der Waals surface area contributed by atoms with E-state index in [-0.39, 0.29) is 11.4 Å². The molecule has 0 aliphatic rings. The maximum absolute atomic E-state index is 9.33. The van der Waals surface area contributed by atoms with E-state index >= 15 is 0 Å². The van der Waals surface area contributed by atoms with Gasteiger partial charge in [0.1, 0.15) is 17.3 Å². The molecule has 3 nitrogen and oxygen atoms in total. The van der Waals surface area contributed by atoms with Gasteiger partial charge >= 0.3 is 0 Å². The van der Waals surface area contributed by atoms with Crippen LogP contribution in [0.1, 0.15) is 5.69 Å². The lowest BCUT2D eigenvalue weighted by molar-refractivity contribution is 0.480. The molecule has 0 amide bonds. The molecule has 0 spiro atoms. The monoisotopic (exact) mass is 168 g/mol. The number of aromatic hydroxyl groups is 1. The van der Waals surface area contributed by atoms with Crippen molar-refractivity contribution < 1.29 is 5.11 Å². The lowest BCUT2D eigenvalue weighted by Gasteiger charge is -1.95. The second-order valence-corrected chi connectivity index (χ2v) is 2.51. The Morgan fingerprint density at radius 3 is 3.08 bits per heavy atom. The maximum Gasteiger partial charge on any atom is 0.194 e. The van der Waals surface area contributed by atoms with Crippen molar-refractivity contribution in [2.45, 2.75) is 0 Å². The average Bonchev–Trinajstić information content (AvgIpc) is 2.18. The van der Waals surface area contributed by atoms with Crippen LogP contribution in [0, 0.1) is 23.5 Å². The lowest BCUT2D eigenvalue weighted by atomic mass is 10.2. The zero-order valence-electron chi connectivity index (χ0n) is 6.57. The molecule has 0 saturated carbocycles. The topological polar surface area (TPSA) is 56.9 Å². The van der Waals surface area contributed by atoms with Gasteiger partial charge in [-0.15, -0.1) is 0 Å². The molecule has 0 aliphatic carbocycles. The predicted octanol–water partition coefficient (Wildman–Crippen LogP) is 1.41. The van der Waals surface area contributed by atoms with Gasteiger partial charge in [-0.05, 0) is 24.3 Å². The van der Waals surface area contributed by atoms with Gasteiger partial charge in [-0.25, -0.2) is 4.98 Å². The molecular formula is C10H4N2O. The fourth-order valence-electron chi connectivity index (χ4n) is 1.08. The zero-order valence-corrected chi connectivity index (χ0v) is 6.57. The molecule has 60 valence electrons. The molecule has 3 heteroatoms. The highest BCUT2D eigenvalue weighted by molar-refractivity contribution is 5.83. The first kappa shape index (κ1) is 7.39. The first-order valence-electron chi connectivity index (χ1n) is 3.63. The average molecular weight is 168 g/mol. The predicted molar refractivity (Wildman–Crippen MR) is 45.8 cm³/mol. The van der Waals surface area contributed by atoms with E-state index in [0.717, 1.165) is 5.39 Å². The summed E-state index contributed by atoms with van der Waals surface area (Å²) in [6.45, 7) is 0. The molecule has 1 aromatic carbocycles. The van der Waals surface area contributed by atoms with Crippen molar-refractivity contribution in [3.05, 3.63) is 36.0 Å². The number of nitriles is 1. The van der Waals surface area contributed by atoms with Crippen molar-refractivity contribution in [1.29, 1.82) is 5.26 Å². The van der Waals surface area contributed by atoms with Crippen LogP contribution in [0.2, 0.25) is 0 Å². The highest BCUT2D eigenvalue weighted by atomic mass is 16.3. The summed E-state index contributed by atoms with van der Waals surface area (Å²) in [6, 6.07) is 12.0. The van der Waals surface area contributed by atoms with Crippen molar-refractivity contribution in [3.8, 4) is 11.8 Å². The molecule has 0 atom stereocenters. The summed E-state index contributed by atoms with van der Waals surface area (Å²) in [4.78, 5) is 3.93. The maximum atomic E-state index is 9.33. The van der Waals surface area contributed by atoms with Gasteiger partial charge in [0.2, 0.25) is 0 Å². The van der Waals surface area contributed by atoms with Gasteiger partial charge in [-0.2, -0.15) is 5.26 Å². The highest BCUT2D eigenvalue weighted by Crippen LogP contribution is 2.18. The summed E-state index contributed by atoms with van der Waals surface area (Å²) in [5.74, 6) is -0.0744. The van der Waals surface area contributed by atoms with Gasteiger partial charge in [0.05, 0.1) is 0 Å². The van der Waals surface area contributed by atoms with Crippen LogP contribution >= 0.6 is 0 Å². The van der Waals surface area contributed by atoms with Gasteiger partial charge in [0.15, 0.2) is 5.75 Å². The van der Waals surface area contributed by atoms with Crippen molar-refractivity contribution in [2.24, 2.45) is 0 Å². The molecule has 0 aliphatic heterocycles. The van der Waals surface area contributed by atoms with E-state index in [4.69, 9.17) is 5.26 Å². The molecule has 2 rings (SSSR count). The van der Waals surface area contributed by atoms with Gasteiger partial charge in [0, 0.05) is 5.39 Å². The van der Waals surface area contributed by atoms with Crippen LogP contribution in [0.25, 0.3) is 10.9 Å². The summed E-state index contributed by atoms with van der Waals surface area (Å²) in [5.41, 5.74) is 0.667. The van der Waals surface area contributed by atoms with Crippen LogP contribution in [0.15, 0.2) is 18.2 Å². The summed E-state index contributed by atoms with van der Waals surface area (Å²) in [5, 5.41) is 18.7. The largest absolute Gasteiger partial charge is 0.499 e. The molecule has 0 saturated heterocycles. The molecule has 0 radical (unpaired) electrons. The van der Waals surface area contributed by atoms with E-state index in [1.165, 1.54) is 0 Å². The van der Waals surface area contributed by atoms with E-state index in [2.05, 4.69) is 17.1 Å². The van der Waals surface area contributed by atoms with Crippen LogP contribution in [-0.4, -0.2) is 10.1 Å². The highest BCUT2D eigenvalue weighted by Gasteiger charge is 2.00. The molecule has 0 unspecified atom stereocenters. The molecule has 2 aromatic rings. The molecule has 0 fully saturated rings. The van der Waals surface area contributed by atoms with E-state index in [1.54, 1.807) is 18.2 Å². The van der Waals surface area contributed by atoms with Crippen LogP contribution in [-0.2, 0) is 0 Å². The van der Waals surface area contributed by atoms with Crippen molar-refractivity contribution >= 4 is 10.9 Å². The first-order chi connectivity index (χ1) is 6.31. The van der Waals surface area contributed by atoms with Crippen molar-refractivity contribution in [3.63, 3.8) is 0 Å². The second-order valence-electron chi connectivity index (χ2n) is 2.51. The standard InChI is InChI=1S/C10H4N2O/c11-6-8-5-4-7-2-1-3-9(13)10(7)12-8/h2,4-5,13H. The van der Waals surface area contributed by atoms with Gasteiger partial charge in [-0.3, -0.25) is 0 Å². The second kappa shape index (κ2) is 2.66. The molecule has 0 bridgehead atoms. The normalized spacial score (nSPS) is 9.15. The Hall–Kier alpha value is -2.26. The number of fused-ring (bicyclic) bond motifs is 1. The minimum Gasteiger partial charge on any atom is -0.499 e. The lowest BCUT2D eigenvalue weighted by Crippen LogP contribution is -1.83. The summed E-state index contributed by atoms with van der Waals surface area (Å²) in [6.07, 6.45) is 0. The number of nitrogens with zero attached hydrogens (tertiary/aromatic N) is 2. The van der Waals surface area contributed by atoms with E-state index < -0.39 is 0 Å². The number of aromatic nitrogens is 1. The number of rotatable bonds is 0. The van der Waals surface area contributed by atoms with Crippen molar-refractivity contribution in [1.82, 2.24) is 4.98 Å². The van der Waals surface area contributed by atoms with Gasteiger partial charge in [-0.1, -0.05) is 6.07 Å². The molecule has 1 aromatic heterocycles. The van der Waals surface area contributed by atoms with Crippen LogP contribution in [0.5, 0.6) is 5.75 Å². The molecule has 13 heavy (non-hydrogen) atoms. The zero-order chi connectivity index (χ0) is 9.26. The Bertz CT molecular complexity index is 500. The number of pyridine rings is 1. The van der Waals surface area contributed by atoms with Gasteiger partial charge < -0.3 is 5.11 Å². The third kappa shape index (κ3) is 1.13. The van der Waals surface area contributed by atoms with Gasteiger partial charge in [0.25, 0.3) is 0 Å². The van der Waals surface area contributed by atoms with Crippen LogP contribution in [0.4, 0.5) is 0 Å². The summed E-state index contributed by atoms with van der Waals surface area (Å²) >= 11 is 0. The Labute approximate surface area is 74.9 Å². The summed E-state index contributed by atoms with van der Waals surface area (Å²) < 4.78 is 0.